The summed E-state index contributed by atoms with van der Waals surface area (Å²) in [6.45, 7) is 4.03. The van der Waals surface area contributed by atoms with Crippen molar-refractivity contribution in [3.63, 3.8) is 0 Å². The molecule has 108 valence electrons. The monoisotopic (exact) mass is 273 g/mol. The molecular weight excluding hydrogens is 251 g/mol. The molecule has 1 aromatic carbocycles. The number of halogens is 3. The fourth-order valence-corrected chi connectivity index (χ4v) is 2.13. The number of rotatable bonds is 7. The van der Waals surface area contributed by atoms with Crippen molar-refractivity contribution in [3.8, 4) is 0 Å². The molecule has 0 saturated heterocycles. The van der Waals surface area contributed by atoms with Crippen LogP contribution in [0.2, 0.25) is 0 Å². The van der Waals surface area contributed by atoms with Crippen LogP contribution in [0.4, 0.5) is 13.2 Å². The molecule has 1 rings (SSSR count). The third-order valence-corrected chi connectivity index (χ3v) is 3.11. The van der Waals surface area contributed by atoms with E-state index >= 15 is 0 Å². The molecule has 0 spiro atoms. The molecule has 0 saturated carbocycles. The molecule has 2 unspecified atom stereocenters. The Labute approximate surface area is 113 Å². The number of nitrogens with one attached hydrogen (secondary N) is 1. The summed E-state index contributed by atoms with van der Waals surface area (Å²) in [7, 11) is 0. The van der Waals surface area contributed by atoms with Crippen LogP contribution in [-0.2, 0) is 0 Å². The Morgan fingerprint density at radius 1 is 1.16 bits per heavy atom. The van der Waals surface area contributed by atoms with E-state index in [-0.39, 0.29) is 6.04 Å². The van der Waals surface area contributed by atoms with Crippen LogP contribution in [0.15, 0.2) is 30.3 Å². The van der Waals surface area contributed by atoms with Gasteiger partial charge in [0.15, 0.2) is 0 Å². The van der Waals surface area contributed by atoms with Gasteiger partial charge in [-0.15, -0.1) is 0 Å². The summed E-state index contributed by atoms with van der Waals surface area (Å²) in [6, 6.07) is 8.29. The molecule has 0 fully saturated rings. The molecule has 4 heteroatoms. The largest absolute Gasteiger partial charge is 0.390 e. The molecule has 0 aliphatic carbocycles. The first-order chi connectivity index (χ1) is 8.92. The highest BCUT2D eigenvalue weighted by molar-refractivity contribution is 5.19. The predicted molar refractivity (Wildman–Crippen MR) is 72.0 cm³/mol. The summed E-state index contributed by atoms with van der Waals surface area (Å²) in [6.07, 6.45) is -1.99. The lowest BCUT2D eigenvalue weighted by atomic mass is 10.0. The average Bonchev–Trinajstić information content (AvgIpc) is 2.35. The van der Waals surface area contributed by atoms with Crippen molar-refractivity contribution < 1.29 is 13.2 Å². The quantitative estimate of drug-likeness (QED) is 0.749. The second-order valence-electron chi connectivity index (χ2n) is 4.99. The van der Waals surface area contributed by atoms with E-state index in [4.69, 9.17) is 0 Å². The molecule has 0 amide bonds. The summed E-state index contributed by atoms with van der Waals surface area (Å²) in [5.41, 5.74) is 0.697. The minimum atomic E-state index is -4.15. The van der Waals surface area contributed by atoms with Crippen LogP contribution in [0.25, 0.3) is 0 Å². The molecule has 0 radical (unpaired) electrons. The lowest BCUT2D eigenvalue weighted by Gasteiger charge is -2.25. The van der Waals surface area contributed by atoms with Gasteiger partial charge in [-0.2, -0.15) is 13.2 Å². The van der Waals surface area contributed by atoms with Gasteiger partial charge >= 0.3 is 6.18 Å². The van der Waals surface area contributed by atoms with E-state index in [1.807, 2.05) is 13.0 Å². The van der Waals surface area contributed by atoms with E-state index in [9.17, 15) is 13.2 Å². The zero-order chi connectivity index (χ0) is 14.3. The SMILES string of the molecule is CCCCC(C)NC(CC(F)(F)F)c1ccccc1. The average molecular weight is 273 g/mol. The Kier molecular flexibility index (Phi) is 6.35. The molecule has 19 heavy (non-hydrogen) atoms. The Bertz CT molecular complexity index is 348. The summed E-state index contributed by atoms with van der Waals surface area (Å²) in [5, 5.41) is 3.10. The van der Waals surface area contributed by atoms with E-state index in [0.717, 1.165) is 19.3 Å². The van der Waals surface area contributed by atoms with Crippen molar-refractivity contribution >= 4 is 0 Å². The molecule has 1 nitrogen and oxygen atoms in total. The maximum Gasteiger partial charge on any atom is 0.390 e. The summed E-state index contributed by atoms with van der Waals surface area (Å²) < 4.78 is 38.0. The van der Waals surface area contributed by atoms with Gasteiger partial charge in [0.25, 0.3) is 0 Å². The molecule has 0 aliphatic rings. The Morgan fingerprint density at radius 3 is 2.32 bits per heavy atom. The van der Waals surface area contributed by atoms with E-state index in [0.29, 0.717) is 5.56 Å². The molecule has 0 heterocycles. The molecule has 1 aromatic rings. The zero-order valence-corrected chi connectivity index (χ0v) is 11.5. The van der Waals surface area contributed by atoms with Gasteiger partial charge in [0.1, 0.15) is 0 Å². The number of hydrogen-bond acceptors (Lipinski definition) is 1. The minimum absolute atomic E-state index is 0.0903. The van der Waals surface area contributed by atoms with Gasteiger partial charge in [0, 0.05) is 12.1 Å². The lowest BCUT2D eigenvalue weighted by molar-refractivity contribution is -0.140. The Morgan fingerprint density at radius 2 is 1.79 bits per heavy atom. The van der Waals surface area contributed by atoms with Gasteiger partial charge in [0.05, 0.1) is 6.42 Å². The van der Waals surface area contributed by atoms with Crippen LogP contribution in [0.1, 0.15) is 51.1 Å². The zero-order valence-electron chi connectivity index (χ0n) is 11.5. The van der Waals surface area contributed by atoms with Crippen molar-refractivity contribution in [2.75, 3.05) is 0 Å². The maximum atomic E-state index is 12.7. The van der Waals surface area contributed by atoms with Gasteiger partial charge in [-0.1, -0.05) is 50.1 Å². The number of benzene rings is 1. The first-order valence-corrected chi connectivity index (χ1v) is 6.80. The molecular formula is C15H22F3N. The third kappa shape index (κ3) is 6.62. The molecule has 1 N–H and O–H groups in total. The normalized spacial score (nSPS) is 15.2. The van der Waals surface area contributed by atoms with Crippen molar-refractivity contribution in [2.45, 2.75) is 57.8 Å². The minimum Gasteiger partial charge on any atom is -0.307 e. The fraction of sp³-hybridized carbons (Fsp3) is 0.600. The van der Waals surface area contributed by atoms with Gasteiger partial charge in [0.2, 0.25) is 0 Å². The fourth-order valence-electron chi connectivity index (χ4n) is 2.13. The van der Waals surface area contributed by atoms with Crippen LogP contribution < -0.4 is 5.32 Å². The first kappa shape index (κ1) is 16.0. The van der Waals surface area contributed by atoms with Crippen molar-refractivity contribution in [3.05, 3.63) is 35.9 Å². The van der Waals surface area contributed by atoms with Gasteiger partial charge in [-0.25, -0.2) is 0 Å². The lowest BCUT2D eigenvalue weighted by Crippen LogP contribution is -2.33. The summed E-state index contributed by atoms with van der Waals surface area (Å²) in [4.78, 5) is 0. The smallest absolute Gasteiger partial charge is 0.307 e. The second-order valence-corrected chi connectivity index (χ2v) is 4.99. The van der Waals surface area contributed by atoms with Crippen molar-refractivity contribution in [1.82, 2.24) is 5.32 Å². The van der Waals surface area contributed by atoms with Gasteiger partial charge in [-0.3, -0.25) is 0 Å². The van der Waals surface area contributed by atoms with Crippen LogP contribution in [0.3, 0.4) is 0 Å². The highest BCUT2D eigenvalue weighted by Gasteiger charge is 2.32. The highest BCUT2D eigenvalue weighted by atomic mass is 19.4. The molecule has 0 aliphatic heterocycles. The number of unbranched alkanes of at least 4 members (excludes halogenated alkanes) is 1. The summed E-state index contributed by atoms with van der Waals surface area (Å²) in [5.74, 6) is 0. The van der Waals surface area contributed by atoms with Crippen molar-refractivity contribution in [1.29, 1.82) is 0 Å². The van der Waals surface area contributed by atoms with E-state index in [1.165, 1.54) is 0 Å². The third-order valence-electron chi connectivity index (χ3n) is 3.11. The van der Waals surface area contributed by atoms with E-state index in [2.05, 4.69) is 12.2 Å². The van der Waals surface area contributed by atoms with E-state index < -0.39 is 18.6 Å². The first-order valence-electron chi connectivity index (χ1n) is 6.80. The second kappa shape index (κ2) is 7.53. The Hall–Kier alpha value is -1.03. The van der Waals surface area contributed by atoms with Crippen LogP contribution in [-0.4, -0.2) is 12.2 Å². The van der Waals surface area contributed by atoms with E-state index in [1.54, 1.807) is 24.3 Å². The summed E-state index contributed by atoms with van der Waals surface area (Å²) >= 11 is 0. The maximum absolute atomic E-state index is 12.7. The predicted octanol–water partition coefficient (Wildman–Crippen LogP) is 4.85. The highest BCUT2D eigenvalue weighted by Crippen LogP contribution is 2.30. The van der Waals surface area contributed by atoms with Crippen LogP contribution in [0, 0.1) is 0 Å². The Balaban J connectivity index is 2.70. The number of alkyl halides is 3. The molecule has 2 atom stereocenters. The van der Waals surface area contributed by atoms with Crippen molar-refractivity contribution in [2.24, 2.45) is 0 Å². The van der Waals surface area contributed by atoms with Crippen LogP contribution in [0.5, 0.6) is 0 Å². The molecule has 0 aromatic heterocycles. The standard InChI is InChI=1S/C15H22F3N/c1-3-4-8-12(2)19-14(11-15(16,17)18)13-9-6-5-7-10-13/h5-7,9-10,12,14,19H,3-4,8,11H2,1-2H3. The number of hydrogen-bond donors (Lipinski definition) is 1. The topological polar surface area (TPSA) is 12.0 Å². The molecule has 0 bridgehead atoms. The van der Waals surface area contributed by atoms with Gasteiger partial charge < -0.3 is 5.32 Å². The van der Waals surface area contributed by atoms with Gasteiger partial charge in [-0.05, 0) is 18.9 Å². The van der Waals surface area contributed by atoms with Crippen LogP contribution >= 0.6 is 0 Å².